The Kier molecular flexibility index (Phi) is 4.83. The van der Waals surface area contributed by atoms with Crippen molar-refractivity contribution in [3.05, 3.63) is 52.5 Å². The third-order valence-electron chi connectivity index (χ3n) is 3.80. The third-order valence-corrected chi connectivity index (χ3v) is 3.80. The van der Waals surface area contributed by atoms with E-state index in [9.17, 15) is 9.59 Å². The zero-order chi connectivity index (χ0) is 18.7. The van der Waals surface area contributed by atoms with Crippen molar-refractivity contribution in [3.8, 4) is 17.2 Å². The van der Waals surface area contributed by atoms with Crippen molar-refractivity contribution in [2.45, 2.75) is 6.73 Å². The van der Waals surface area contributed by atoms with Crippen LogP contribution in [0, 0.1) is 0 Å². The molecule has 0 radical (unpaired) electrons. The Labute approximate surface area is 148 Å². The molecule has 0 unspecified atom stereocenters. The molecule has 8 nitrogen and oxygen atoms in total. The molecule has 0 aliphatic heterocycles. The normalized spacial score (nSPS) is 10.6. The van der Waals surface area contributed by atoms with Crippen molar-refractivity contribution < 1.29 is 28.2 Å². The van der Waals surface area contributed by atoms with Gasteiger partial charge in [0.1, 0.15) is 0 Å². The molecule has 0 aliphatic carbocycles. The van der Waals surface area contributed by atoms with Gasteiger partial charge in [-0.15, -0.1) is 0 Å². The Morgan fingerprint density at radius 1 is 1.04 bits per heavy atom. The number of methoxy groups -OCH3 is 3. The van der Waals surface area contributed by atoms with Crippen molar-refractivity contribution in [2.75, 3.05) is 21.3 Å². The quantitative estimate of drug-likeness (QED) is 0.625. The van der Waals surface area contributed by atoms with Gasteiger partial charge in [0.05, 0.1) is 32.4 Å². The number of carbonyl (C=O) groups is 1. The van der Waals surface area contributed by atoms with E-state index >= 15 is 0 Å². The van der Waals surface area contributed by atoms with Crippen LogP contribution < -0.4 is 20.0 Å². The lowest BCUT2D eigenvalue weighted by molar-refractivity contribution is 0.0367. The molecule has 0 aliphatic rings. The van der Waals surface area contributed by atoms with Gasteiger partial charge in [0, 0.05) is 0 Å². The average molecular weight is 359 g/mol. The molecule has 3 rings (SSSR count). The summed E-state index contributed by atoms with van der Waals surface area (Å²) < 4.78 is 27.2. The minimum Gasteiger partial charge on any atom is -0.493 e. The molecule has 0 amide bonds. The first-order valence-corrected chi connectivity index (χ1v) is 7.64. The Hall–Kier alpha value is -3.42. The summed E-state index contributed by atoms with van der Waals surface area (Å²) in [6.07, 6.45) is 0. The Balaban J connectivity index is 1.86. The van der Waals surface area contributed by atoms with Gasteiger partial charge in [-0.1, -0.05) is 12.1 Å². The monoisotopic (exact) mass is 359 g/mol. The van der Waals surface area contributed by atoms with Gasteiger partial charge in [0.25, 0.3) is 0 Å². The van der Waals surface area contributed by atoms with Crippen LogP contribution in [0.1, 0.15) is 10.4 Å². The highest BCUT2D eigenvalue weighted by Gasteiger charge is 2.18. The summed E-state index contributed by atoms with van der Waals surface area (Å²) >= 11 is 0. The zero-order valence-electron chi connectivity index (χ0n) is 14.5. The fraction of sp³-hybridized carbons (Fsp3) is 0.222. The number of hydrogen-bond acceptors (Lipinski definition) is 7. The zero-order valence-corrected chi connectivity index (χ0v) is 14.5. The number of ether oxygens (including phenoxy) is 4. The Bertz CT molecular complexity index is 977. The first kappa shape index (κ1) is 17.4. The second kappa shape index (κ2) is 7.22. The Morgan fingerprint density at radius 2 is 1.69 bits per heavy atom. The van der Waals surface area contributed by atoms with Crippen LogP contribution in [0.5, 0.6) is 17.2 Å². The highest BCUT2D eigenvalue weighted by molar-refractivity contribution is 5.91. The highest BCUT2D eigenvalue weighted by Crippen LogP contribution is 2.38. The SMILES string of the molecule is COc1cc(C(=O)OCn2c(=O)oc3ccccc32)cc(OC)c1OC. The molecule has 0 fully saturated rings. The summed E-state index contributed by atoms with van der Waals surface area (Å²) in [5.74, 6) is -0.247. The molecule has 0 N–H and O–H groups in total. The lowest BCUT2D eigenvalue weighted by atomic mass is 10.2. The number of nitrogens with zero attached hydrogens (tertiary/aromatic N) is 1. The largest absolute Gasteiger partial charge is 0.493 e. The van der Waals surface area contributed by atoms with Crippen LogP contribution in [-0.4, -0.2) is 31.9 Å². The minimum atomic E-state index is -0.651. The van der Waals surface area contributed by atoms with Crippen LogP contribution in [0.2, 0.25) is 0 Å². The van der Waals surface area contributed by atoms with Gasteiger partial charge in [0.2, 0.25) is 5.75 Å². The van der Waals surface area contributed by atoms with Crippen molar-refractivity contribution in [2.24, 2.45) is 0 Å². The van der Waals surface area contributed by atoms with E-state index in [4.69, 9.17) is 23.4 Å². The molecule has 0 atom stereocenters. The number of rotatable bonds is 6. The molecule has 26 heavy (non-hydrogen) atoms. The van der Waals surface area contributed by atoms with Gasteiger partial charge in [-0.25, -0.2) is 14.2 Å². The maximum atomic E-state index is 12.4. The second-order valence-electron chi connectivity index (χ2n) is 5.24. The molecule has 1 aromatic heterocycles. The summed E-state index contributed by atoms with van der Waals surface area (Å²) in [6, 6.07) is 9.81. The van der Waals surface area contributed by atoms with Crippen LogP contribution in [-0.2, 0) is 11.5 Å². The third kappa shape index (κ3) is 3.08. The number of benzene rings is 2. The average Bonchev–Trinajstić information content (AvgIpc) is 2.99. The van der Waals surface area contributed by atoms with E-state index in [0.29, 0.717) is 28.3 Å². The van der Waals surface area contributed by atoms with Crippen LogP contribution in [0.4, 0.5) is 0 Å². The van der Waals surface area contributed by atoms with Crippen molar-refractivity contribution in [1.82, 2.24) is 4.57 Å². The minimum absolute atomic E-state index is 0.195. The smallest absolute Gasteiger partial charge is 0.422 e. The van der Waals surface area contributed by atoms with Gasteiger partial charge in [0.15, 0.2) is 23.8 Å². The summed E-state index contributed by atoms with van der Waals surface area (Å²) in [7, 11) is 4.36. The summed E-state index contributed by atoms with van der Waals surface area (Å²) in [5, 5.41) is 0. The first-order valence-electron chi connectivity index (χ1n) is 7.64. The van der Waals surface area contributed by atoms with Crippen LogP contribution in [0.3, 0.4) is 0 Å². The van der Waals surface area contributed by atoms with Crippen molar-refractivity contribution in [1.29, 1.82) is 0 Å². The van der Waals surface area contributed by atoms with E-state index < -0.39 is 11.7 Å². The maximum absolute atomic E-state index is 12.4. The molecule has 0 spiro atoms. The van der Waals surface area contributed by atoms with E-state index in [1.165, 1.54) is 38.0 Å². The number of para-hydroxylation sites is 2. The Morgan fingerprint density at radius 3 is 2.31 bits per heavy atom. The van der Waals surface area contributed by atoms with Crippen LogP contribution >= 0.6 is 0 Å². The fourth-order valence-electron chi connectivity index (χ4n) is 2.54. The van der Waals surface area contributed by atoms with E-state index in [1.807, 2.05) is 0 Å². The van der Waals surface area contributed by atoms with Gasteiger partial charge in [-0.05, 0) is 24.3 Å². The number of aromatic nitrogens is 1. The predicted molar refractivity (Wildman–Crippen MR) is 92.0 cm³/mol. The van der Waals surface area contributed by atoms with E-state index in [2.05, 4.69) is 0 Å². The maximum Gasteiger partial charge on any atom is 0.422 e. The van der Waals surface area contributed by atoms with Crippen LogP contribution in [0.25, 0.3) is 11.1 Å². The van der Waals surface area contributed by atoms with Gasteiger partial charge in [-0.3, -0.25) is 0 Å². The molecule has 0 saturated heterocycles. The van der Waals surface area contributed by atoms with E-state index in [1.54, 1.807) is 24.3 Å². The first-order chi connectivity index (χ1) is 12.6. The van der Waals surface area contributed by atoms with E-state index in [0.717, 1.165) is 0 Å². The van der Waals surface area contributed by atoms with E-state index in [-0.39, 0.29) is 12.3 Å². The van der Waals surface area contributed by atoms with Gasteiger partial charge in [-0.2, -0.15) is 0 Å². The van der Waals surface area contributed by atoms with Gasteiger partial charge >= 0.3 is 11.7 Å². The predicted octanol–water partition coefficient (Wildman–Crippen LogP) is 2.43. The number of hydrogen-bond donors (Lipinski definition) is 0. The topological polar surface area (TPSA) is 89.1 Å². The number of fused-ring (bicyclic) bond motifs is 1. The second-order valence-corrected chi connectivity index (χ2v) is 5.24. The molecule has 3 aromatic rings. The summed E-state index contributed by atoms with van der Waals surface area (Å²) in [4.78, 5) is 24.3. The molecular weight excluding hydrogens is 342 g/mol. The fourth-order valence-corrected chi connectivity index (χ4v) is 2.54. The standard InChI is InChI=1S/C18H17NO7/c1-22-14-8-11(9-15(23-2)16(14)24-3)17(20)25-10-19-12-6-4-5-7-13(12)26-18(19)21/h4-9H,10H2,1-3H3. The number of carbonyl (C=O) groups excluding carboxylic acids is 1. The lowest BCUT2D eigenvalue weighted by Crippen LogP contribution is -2.18. The van der Waals surface area contributed by atoms with Gasteiger partial charge < -0.3 is 23.4 Å². The van der Waals surface area contributed by atoms with Crippen LogP contribution in [0.15, 0.2) is 45.6 Å². The molecular formula is C18H17NO7. The lowest BCUT2D eigenvalue weighted by Gasteiger charge is -2.13. The molecule has 0 bridgehead atoms. The molecule has 8 heteroatoms. The number of oxazole rings is 1. The number of esters is 1. The molecule has 0 saturated carbocycles. The molecule has 136 valence electrons. The summed E-state index contributed by atoms with van der Waals surface area (Å²) in [5.41, 5.74) is 1.15. The molecule has 1 heterocycles. The van der Waals surface area contributed by atoms with Crippen molar-refractivity contribution in [3.63, 3.8) is 0 Å². The highest BCUT2D eigenvalue weighted by atomic mass is 16.5. The van der Waals surface area contributed by atoms with Crippen molar-refractivity contribution >= 4 is 17.1 Å². The molecule has 2 aromatic carbocycles. The summed E-state index contributed by atoms with van der Waals surface area (Å²) in [6.45, 7) is -0.286.